The number of ether oxygens (including phenoxy) is 1. The molecule has 0 spiro atoms. The molecule has 0 aliphatic rings. The van der Waals surface area contributed by atoms with Crippen LogP contribution in [0.1, 0.15) is 5.56 Å². The number of isocyanates is 1. The van der Waals surface area contributed by atoms with E-state index in [0.717, 1.165) is 0 Å². The summed E-state index contributed by atoms with van der Waals surface area (Å²) in [5, 5.41) is 0. The molecule has 1 rings (SSSR count). The molecule has 0 unspecified atom stereocenters. The number of carbonyl (C=O) groups excluding carboxylic acids is 2. The standard InChI is InChI=1S/C11H7NO3/c1-15-11(14)6-5-9-3-2-4-10(7-9)12-8-13/h2-4,7H,1H3. The van der Waals surface area contributed by atoms with Crippen molar-refractivity contribution in [2.75, 3.05) is 7.11 Å². The van der Waals surface area contributed by atoms with E-state index in [1.54, 1.807) is 24.3 Å². The molecule has 1 aromatic rings. The van der Waals surface area contributed by atoms with Gasteiger partial charge in [0, 0.05) is 11.5 Å². The molecule has 0 saturated heterocycles. The second kappa shape index (κ2) is 5.38. The molecule has 0 bridgehead atoms. The molecule has 15 heavy (non-hydrogen) atoms. The molecule has 0 amide bonds. The van der Waals surface area contributed by atoms with Crippen molar-refractivity contribution in [2.45, 2.75) is 0 Å². The Morgan fingerprint density at radius 3 is 2.93 bits per heavy atom. The van der Waals surface area contributed by atoms with Gasteiger partial charge in [-0.3, -0.25) is 0 Å². The van der Waals surface area contributed by atoms with Crippen LogP contribution in [-0.4, -0.2) is 19.2 Å². The monoisotopic (exact) mass is 201 g/mol. The minimum absolute atomic E-state index is 0.446. The quantitative estimate of drug-likeness (QED) is 0.296. The van der Waals surface area contributed by atoms with E-state index in [0.29, 0.717) is 11.3 Å². The van der Waals surface area contributed by atoms with Crippen molar-refractivity contribution in [1.29, 1.82) is 0 Å². The minimum Gasteiger partial charge on any atom is -0.459 e. The second-order valence-corrected chi connectivity index (χ2v) is 2.50. The normalized spacial score (nSPS) is 8.07. The van der Waals surface area contributed by atoms with Crippen LogP contribution in [0.5, 0.6) is 0 Å². The first-order valence-electron chi connectivity index (χ1n) is 4.04. The molecule has 0 aliphatic carbocycles. The Morgan fingerprint density at radius 1 is 1.47 bits per heavy atom. The summed E-state index contributed by atoms with van der Waals surface area (Å²) in [5.41, 5.74) is 1.03. The maximum atomic E-state index is 10.7. The number of hydrogen-bond donors (Lipinski definition) is 0. The highest BCUT2D eigenvalue weighted by Crippen LogP contribution is 2.12. The van der Waals surface area contributed by atoms with Crippen LogP contribution in [0.3, 0.4) is 0 Å². The predicted molar refractivity (Wildman–Crippen MR) is 53.1 cm³/mol. The third-order valence-electron chi connectivity index (χ3n) is 1.52. The summed E-state index contributed by atoms with van der Waals surface area (Å²) >= 11 is 0. The maximum absolute atomic E-state index is 10.7. The minimum atomic E-state index is -0.612. The zero-order valence-corrected chi connectivity index (χ0v) is 7.98. The average Bonchev–Trinajstić information content (AvgIpc) is 2.27. The number of aliphatic imine (C=N–C) groups is 1. The number of methoxy groups -OCH3 is 1. The van der Waals surface area contributed by atoms with E-state index in [4.69, 9.17) is 0 Å². The molecule has 0 radical (unpaired) electrons. The molecule has 0 aromatic heterocycles. The van der Waals surface area contributed by atoms with E-state index in [1.807, 2.05) is 0 Å². The SMILES string of the molecule is COC(=O)C#Cc1cccc(N=C=O)c1. The van der Waals surface area contributed by atoms with Gasteiger partial charge in [0.25, 0.3) is 0 Å². The molecule has 1 aromatic carbocycles. The fourth-order valence-corrected chi connectivity index (χ4v) is 0.880. The van der Waals surface area contributed by atoms with Crippen LogP contribution in [0, 0.1) is 11.8 Å². The van der Waals surface area contributed by atoms with Gasteiger partial charge in [0.2, 0.25) is 6.08 Å². The van der Waals surface area contributed by atoms with Gasteiger partial charge in [-0.05, 0) is 18.2 Å². The first kappa shape index (κ1) is 10.7. The van der Waals surface area contributed by atoms with E-state index >= 15 is 0 Å². The summed E-state index contributed by atoms with van der Waals surface area (Å²) in [6.45, 7) is 0. The lowest BCUT2D eigenvalue weighted by Crippen LogP contribution is -1.94. The second-order valence-electron chi connectivity index (χ2n) is 2.50. The van der Waals surface area contributed by atoms with Crippen LogP contribution in [0.25, 0.3) is 0 Å². The summed E-state index contributed by atoms with van der Waals surface area (Å²) in [7, 11) is 1.25. The van der Waals surface area contributed by atoms with Crippen molar-refractivity contribution < 1.29 is 14.3 Å². The molecule has 4 heteroatoms. The van der Waals surface area contributed by atoms with Gasteiger partial charge in [-0.25, -0.2) is 9.59 Å². The van der Waals surface area contributed by atoms with Crippen molar-refractivity contribution in [3.63, 3.8) is 0 Å². The Kier molecular flexibility index (Phi) is 3.84. The predicted octanol–water partition coefficient (Wildman–Crippen LogP) is 1.18. The van der Waals surface area contributed by atoms with Gasteiger partial charge in [-0.2, -0.15) is 4.99 Å². The van der Waals surface area contributed by atoms with Crippen LogP contribution in [0.2, 0.25) is 0 Å². The lowest BCUT2D eigenvalue weighted by atomic mass is 10.2. The fourth-order valence-electron chi connectivity index (χ4n) is 0.880. The Bertz CT molecular complexity index is 476. The van der Waals surface area contributed by atoms with Crippen molar-refractivity contribution >= 4 is 17.7 Å². The lowest BCUT2D eigenvalue weighted by molar-refractivity contribution is -0.133. The number of rotatable bonds is 1. The summed E-state index contributed by atoms with van der Waals surface area (Å²) in [6.07, 6.45) is 1.42. The number of esters is 1. The smallest absolute Gasteiger partial charge is 0.384 e. The van der Waals surface area contributed by atoms with Gasteiger partial charge in [0.1, 0.15) is 0 Å². The van der Waals surface area contributed by atoms with E-state index < -0.39 is 5.97 Å². The summed E-state index contributed by atoms with van der Waals surface area (Å²) in [4.78, 5) is 24.1. The topological polar surface area (TPSA) is 55.7 Å². The molecular formula is C11H7NO3. The summed E-state index contributed by atoms with van der Waals surface area (Å²) < 4.78 is 4.35. The van der Waals surface area contributed by atoms with Crippen LogP contribution in [0.4, 0.5) is 5.69 Å². The first-order chi connectivity index (χ1) is 7.26. The number of benzene rings is 1. The molecular weight excluding hydrogens is 194 g/mol. The molecule has 0 aliphatic heterocycles. The Labute approximate surface area is 86.6 Å². The average molecular weight is 201 g/mol. The van der Waals surface area contributed by atoms with E-state index in [-0.39, 0.29) is 0 Å². The van der Waals surface area contributed by atoms with E-state index in [9.17, 15) is 9.59 Å². The molecule has 0 heterocycles. The Hall–Kier alpha value is -2.37. The van der Waals surface area contributed by atoms with Crippen LogP contribution in [-0.2, 0) is 14.3 Å². The maximum Gasteiger partial charge on any atom is 0.384 e. The molecule has 0 saturated carbocycles. The van der Waals surface area contributed by atoms with Crippen molar-refractivity contribution in [1.82, 2.24) is 0 Å². The fraction of sp³-hybridized carbons (Fsp3) is 0.0909. The van der Waals surface area contributed by atoms with Gasteiger partial charge >= 0.3 is 5.97 Å². The van der Waals surface area contributed by atoms with Gasteiger partial charge in [-0.15, -0.1) is 0 Å². The van der Waals surface area contributed by atoms with Gasteiger partial charge in [-0.1, -0.05) is 12.0 Å². The van der Waals surface area contributed by atoms with Crippen LogP contribution < -0.4 is 0 Å². The highest BCUT2D eigenvalue weighted by atomic mass is 16.5. The van der Waals surface area contributed by atoms with Gasteiger partial charge < -0.3 is 4.74 Å². The number of hydrogen-bond acceptors (Lipinski definition) is 4. The zero-order chi connectivity index (χ0) is 11.1. The highest BCUT2D eigenvalue weighted by molar-refractivity contribution is 5.89. The summed E-state index contributed by atoms with van der Waals surface area (Å²) in [6, 6.07) is 6.58. The molecule has 0 atom stereocenters. The first-order valence-corrected chi connectivity index (χ1v) is 4.04. The van der Waals surface area contributed by atoms with Crippen molar-refractivity contribution in [3.8, 4) is 11.8 Å². The third-order valence-corrected chi connectivity index (χ3v) is 1.52. The van der Waals surface area contributed by atoms with Crippen molar-refractivity contribution in [2.24, 2.45) is 4.99 Å². The van der Waals surface area contributed by atoms with Gasteiger partial charge in [0.15, 0.2) is 0 Å². The van der Waals surface area contributed by atoms with Crippen LogP contribution >= 0.6 is 0 Å². The number of nitrogens with zero attached hydrogens (tertiary/aromatic N) is 1. The van der Waals surface area contributed by atoms with E-state index in [1.165, 1.54) is 13.2 Å². The largest absolute Gasteiger partial charge is 0.459 e. The molecule has 0 N–H and O–H groups in total. The Morgan fingerprint density at radius 2 is 2.27 bits per heavy atom. The summed E-state index contributed by atoms with van der Waals surface area (Å²) in [5.74, 6) is 4.23. The molecule has 0 fully saturated rings. The zero-order valence-electron chi connectivity index (χ0n) is 7.98. The third kappa shape index (κ3) is 3.47. The lowest BCUT2D eigenvalue weighted by Gasteiger charge is -1.91. The van der Waals surface area contributed by atoms with Gasteiger partial charge in [0.05, 0.1) is 12.8 Å². The molecule has 74 valence electrons. The van der Waals surface area contributed by atoms with Crippen LogP contribution in [0.15, 0.2) is 29.3 Å². The number of carbonyl (C=O) groups is 1. The highest BCUT2D eigenvalue weighted by Gasteiger charge is 1.92. The van der Waals surface area contributed by atoms with E-state index in [2.05, 4.69) is 21.6 Å². The van der Waals surface area contributed by atoms with Crippen molar-refractivity contribution in [3.05, 3.63) is 29.8 Å². The molecule has 4 nitrogen and oxygen atoms in total. The Balaban J connectivity index is 2.94.